The lowest BCUT2D eigenvalue weighted by Crippen LogP contribution is -2.42. The molecule has 1 aromatic carbocycles. The molecule has 3 aliphatic rings. The number of rotatable bonds is 2. The number of allylic oxidation sites excluding steroid dienone is 2. The Balaban J connectivity index is 1.28. The molecule has 1 saturated heterocycles. The van der Waals surface area contributed by atoms with Gasteiger partial charge in [-0.05, 0) is 42.7 Å². The zero-order valence-corrected chi connectivity index (χ0v) is 13.4. The molecule has 1 aliphatic carbocycles. The van der Waals surface area contributed by atoms with Crippen LogP contribution in [0.2, 0.25) is 0 Å². The zero-order valence-electron chi connectivity index (χ0n) is 13.4. The predicted octanol–water partition coefficient (Wildman–Crippen LogP) is 2.85. The van der Waals surface area contributed by atoms with Gasteiger partial charge in [-0.1, -0.05) is 30.4 Å². The van der Waals surface area contributed by atoms with E-state index in [0.717, 1.165) is 38.1 Å². The van der Waals surface area contributed by atoms with Gasteiger partial charge in [0.05, 0.1) is 6.61 Å². The highest BCUT2D eigenvalue weighted by molar-refractivity contribution is 5.74. The van der Waals surface area contributed by atoms with E-state index in [0.29, 0.717) is 30.9 Å². The molecule has 3 unspecified atom stereocenters. The molecular formula is C19H24N2O2. The Morgan fingerprint density at radius 1 is 1.17 bits per heavy atom. The average Bonchev–Trinajstić information content (AvgIpc) is 3.04. The van der Waals surface area contributed by atoms with Crippen LogP contribution in [0.3, 0.4) is 0 Å². The summed E-state index contributed by atoms with van der Waals surface area (Å²) in [7, 11) is 0. The molecule has 0 spiro atoms. The minimum absolute atomic E-state index is 0.0956. The summed E-state index contributed by atoms with van der Waals surface area (Å²) in [6.07, 6.45) is 7.76. The van der Waals surface area contributed by atoms with Crippen molar-refractivity contribution in [3.05, 3.63) is 42.0 Å². The molecule has 0 radical (unpaired) electrons. The van der Waals surface area contributed by atoms with E-state index in [1.165, 1.54) is 5.56 Å². The molecule has 1 aromatic rings. The first-order chi connectivity index (χ1) is 11.3. The van der Waals surface area contributed by atoms with Crippen molar-refractivity contribution in [3.63, 3.8) is 0 Å². The maximum absolute atomic E-state index is 12.4. The van der Waals surface area contributed by atoms with Crippen molar-refractivity contribution in [2.24, 2.45) is 17.8 Å². The van der Waals surface area contributed by atoms with E-state index in [2.05, 4.69) is 23.5 Å². The number of carbonyl (C=O) groups excluding carboxylic acids is 1. The molecule has 0 saturated carbocycles. The van der Waals surface area contributed by atoms with Gasteiger partial charge >= 0.3 is 6.03 Å². The molecule has 2 aliphatic heterocycles. The minimum atomic E-state index is 0.0956. The van der Waals surface area contributed by atoms with Crippen molar-refractivity contribution in [1.29, 1.82) is 0 Å². The third kappa shape index (κ3) is 3.07. The number of carbonyl (C=O) groups is 1. The number of urea groups is 1. The Kier molecular flexibility index (Phi) is 3.98. The highest BCUT2D eigenvalue weighted by atomic mass is 16.5. The summed E-state index contributed by atoms with van der Waals surface area (Å²) < 4.78 is 5.80. The number of fused-ring (bicyclic) bond motifs is 2. The Morgan fingerprint density at radius 2 is 1.91 bits per heavy atom. The van der Waals surface area contributed by atoms with Gasteiger partial charge in [-0.25, -0.2) is 4.79 Å². The summed E-state index contributed by atoms with van der Waals surface area (Å²) in [6.45, 7) is 3.19. The normalized spacial score (nSPS) is 28.7. The number of likely N-dealkylation sites (tertiary alicyclic amines) is 1. The van der Waals surface area contributed by atoms with E-state index >= 15 is 0 Å². The maximum atomic E-state index is 12.4. The van der Waals surface area contributed by atoms with E-state index in [1.807, 2.05) is 23.1 Å². The van der Waals surface area contributed by atoms with Crippen molar-refractivity contribution < 1.29 is 9.53 Å². The highest BCUT2D eigenvalue weighted by Crippen LogP contribution is 2.32. The lowest BCUT2D eigenvalue weighted by atomic mass is 9.86. The van der Waals surface area contributed by atoms with Crippen LogP contribution in [0, 0.1) is 17.8 Å². The molecule has 23 heavy (non-hydrogen) atoms. The highest BCUT2D eigenvalue weighted by Gasteiger charge is 2.35. The van der Waals surface area contributed by atoms with E-state index in [9.17, 15) is 4.79 Å². The van der Waals surface area contributed by atoms with Crippen molar-refractivity contribution in [1.82, 2.24) is 10.2 Å². The number of nitrogens with zero attached hydrogens (tertiary/aromatic N) is 1. The molecule has 2 heterocycles. The SMILES string of the molecule is O=C(NCC1COc2ccccc2C1)N1CC2CC=CCC2C1. The summed E-state index contributed by atoms with van der Waals surface area (Å²) in [5.74, 6) is 2.68. The van der Waals surface area contributed by atoms with Gasteiger partial charge in [-0.2, -0.15) is 0 Å². The number of benzene rings is 1. The second-order valence-electron chi connectivity index (χ2n) is 7.04. The van der Waals surface area contributed by atoms with Gasteiger partial charge in [0.25, 0.3) is 0 Å². The fourth-order valence-corrected chi connectivity index (χ4v) is 4.05. The molecule has 1 fully saturated rings. The van der Waals surface area contributed by atoms with Crippen LogP contribution in [0.4, 0.5) is 4.79 Å². The largest absolute Gasteiger partial charge is 0.493 e. The lowest BCUT2D eigenvalue weighted by Gasteiger charge is -2.26. The van der Waals surface area contributed by atoms with Gasteiger partial charge in [0.15, 0.2) is 0 Å². The quantitative estimate of drug-likeness (QED) is 0.853. The maximum Gasteiger partial charge on any atom is 0.317 e. The fraction of sp³-hybridized carbons (Fsp3) is 0.526. The Bertz CT molecular complexity index is 597. The predicted molar refractivity (Wildman–Crippen MR) is 89.5 cm³/mol. The first-order valence-electron chi connectivity index (χ1n) is 8.68. The minimum Gasteiger partial charge on any atom is -0.493 e. The van der Waals surface area contributed by atoms with Crippen LogP contribution in [-0.4, -0.2) is 37.2 Å². The summed E-state index contributed by atoms with van der Waals surface area (Å²) >= 11 is 0. The van der Waals surface area contributed by atoms with Gasteiger partial charge in [-0.15, -0.1) is 0 Å². The topological polar surface area (TPSA) is 41.6 Å². The van der Waals surface area contributed by atoms with E-state index in [-0.39, 0.29) is 6.03 Å². The third-order valence-corrected chi connectivity index (χ3v) is 5.41. The molecule has 4 heteroatoms. The summed E-state index contributed by atoms with van der Waals surface area (Å²) in [5.41, 5.74) is 1.25. The summed E-state index contributed by atoms with van der Waals surface area (Å²) in [6, 6.07) is 8.27. The third-order valence-electron chi connectivity index (χ3n) is 5.41. The molecule has 3 atom stereocenters. The molecule has 1 N–H and O–H groups in total. The van der Waals surface area contributed by atoms with Gasteiger partial charge in [0.2, 0.25) is 0 Å². The zero-order chi connectivity index (χ0) is 15.6. The number of nitrogens with one attached hydrogen (secondary N) is 1. The van der Waals surface area contributed by atoms with Gasteiger partial charge in [0, 0.05) is 25.6 Å². The second kappa shape index (κ2) is 6.26. The summed E-state index contributed by atoms with van der Waals surface area (Å²) in [5, 5.41) is 3.12. The van der Waals surface area contributed by atoms with Crippen LogP contribution in [0.15, 0.2) is 36.4 Å². The van der Waals surface area contributed by atoms with Crippen LogP contribution < -0.4 is 10.1 Å². The van der Waals surface area contributed by atoms with E-state index in [1.54, 1.807) is 0 Å². The van der Waals surface area contributed by atoms with Gasteiger partial charge in [0.1, 0.15) is 5.75 Å². The molecule has 4 nitrogen and oxygen atoms in total. The number of hydrogen-bond donors (Lipinski definition) is 1. The first-order valence-corrected chi connectivity index (χ1v) is 8.68. The van der Waals surface area contributed by atoms with Gasteiger partial charge < -0.3 is 15.0 Å². The van der Waals surface area contributed by atoms with Crippen molar-refractivity contribution in [2.75, 3.05) is 26.2 Å². The first kappa shape index (κ1) is 14.6. The molecular weight excluding hydrogens is 288 g/mol. The number of ether oxygens (including phenoxy) is 1. The lowest BCUT2D eigenvalue weighted by molar-refractivity contribution is 0.192. The number of para-hydroxylation sites is 1. The molecule has 2 amide bonds. The smallest absolute Gasteiger partial charge is 0.317 e. The molecule has 122 valence electrons. The van der Waals surface area contributed by atoms with Crippen molar-refractivity contribution in [2.45, 2.75) is 19.3 Å². The fourth-order valence-electron chi connectivity index (χ4n) is 4.05. The van der Waals surface area contributed by atoms with E-state index < -0.39 is 0 Å². The Morgan fingerprint density at radius 3 is 2.70 bits per heavy atom. The monoisotopic (exact) mass is 312 g/mol. The molecule has 4 rings (SSSR count). The van der Waals surface area contributed by atoms with Gasteiger partial charge in [-0.3, -0.25) is 0 Å². The molecule has 0 aromatic heterocycles. The van der Waals surface area contributed by atoms with E-state index in [4.69, 9.17) is 4.74 Å². The van der Waals surface area contributed by atoms with Crippen LogP contribution in [-0.2, 0) is 6.42 Å². The van der Waals surface area contributed by atoms with Crippen LogP contribution >= 0.6 is 0 Å². The Labute approximate surface area is 137 Å². The summed E-state index contributed by atoms with van der Waals surface area (Å²) in [4.78, 5) is 14.4. The van der Waals surface area contributed by atoms with Crippen molar-refractivity contribution >= 4 is 6.03 Å². The Hall–Kier alpha value is -1.97. The number of hydrogen-bond acceptors (Lipinski definition) is 2. The van der Waals surface area contributed by atoms with Crippen molar-refractivity contribution in [3.8, 4) is 5.75 Å². The van der Waals surface area contributed by atoms with Crippen LogP contribution in [0.1, 0.15) is 18.4 Å². The molecule has 0 bridgehead atoms. The second-order valence-corrected chi connectivity index (χ2v) is 7.04. The van der Waals surface area contributed by atoms with Crippen LogP contribution in [0.5, 0.6) is 5.75 Å². The standard InChI is InChI=1S/C19H24N2O2/c22-19(21-11-16-6-1-2-7-17(16)12-21)20-10-14-9-15-5-3-4-8-18(15)23-13-14/h1-5,8,14,16-17H,6-7,9-13H2,(H,20,22). The number of amides is 2. The van der Waals surface area contributed by atoms with Crippen LogP contribution in [0.25, 0.3) is 0 Å². The average molecular weight is 312 g/mol.